The maximum absolute atomic E-state index is 6.40. The van der Waals surface area contributed by atoms with Crippen LogP contribution in [-0.2, 0) is 6.42 Å². The summed E-state index contributed by atoms with van der Waals surface area (Å²) in [6.45, 7) is 4.19. The number of fused-ring (bicyclic) bond motifs is 3. The van der Waals surface area contributed by atoms with Gasteiger partial charge in [-0.15, -0.1) is 0 Å². The monoisotopic (exact) mass is 566 g/mol. The zero-order chi connectivity index (χ0) is 30.0. The summed E-state index contributed by atoms with van der Waals surface area (Å²) in [6, 6.07) is 44.0. The molecule has 0 aliphatic carbocycles. The van der Waals surface area contributed by atoms with Crippen molar-refractivity contribution in [2.75, 3.05) is 0 Å². The Hall–Kier alpha value is -5.47. The van der Waals surface area contributed by atoms with Gasteiger partial charge in [0.2, 0.25) is 0 Å². The maximum atomic E-state index is 6.40. The molecule has 2 heteroatoms. The van der Waals surface area contributed by atoms with Crippen LogP contribution in [0.5, 0.6) is 0 Å². The first-order chi connectivity index (χ1) is 21.7. The van der Waals surface area contributed by atoms with E-state index < -0.39 is 0 Å². The summed E-state index contributed by atoms with van der Waals surface area (Å²) in [4.78, 5) is 4.78. The Kier molecular flexibility index (Phi) is 7.25. The molecule has 0 bridgehead atoms. The average Bonchev–Trinajstić information content (AvgIpc) is 3.09. The summed E-state index contributed by atoms with van der Waals surface area (Å²) >= 11 is 0. The Morgan fingerprint density at radius 2 is 1.20 bits per heavy atom. The minimum absolute atomic E-state index is 0.718. The molecular formula is C42H34N2. The second kappa shape index (κ2) is 11.7. The van der Waals surface area contributed by atoms with E-state index in [-0.39, 0.29) is 0 Å². The number of allylic oxidation sites excluding steroid dienone is 3. The topological polar surface area (TPSA) is 38.9 Å². The van der Waals surface area contributed by atoms with Gasteiger partial charge in [-0.1, -0.05) is 128 Å². The molecule has 2 nitrogen and oxygen atoms in total. The van der Waals surface area contributed by atoms with Crippen LogP contribution in [0.3, 0.4) is 0 Å². The third-order valence-corrected chi connectivity index (χ3v) is 8.61. The van der Waals surface area contributed by atoms with E-state index in [2.05, 4.69) is 122 Å². The molecule has 0 saturated carbocycles. The Morgan fingerprint density at radius 1 is 0.636 bits per heavy atom. The van der Waals surface area contributed by atoms with Crippen molar-refractivity contribution < 1.29 is 0 Å². The highest BCUT2D eigenvalue weighted by Gasteiger charge is 2.18. The number of hydrogen-bond acceptors (Lipinski definition) is 2. The van der Waals surface area contributed by atoms with Gasteiger partial charge in [0.05, 0.1) is 5.69 Å². The van der Waals surface area contributed by atoms with Gasteiger partial charge in [0.1, 0.15) is 0 Å². The van der Waals surface area contributed by atoms with Gasteiger partial charge in [0.15, 0.2) is 0 Å². The molecule has 212 valence electrons. The zero-order valence-electron chi connectivity index (χ0n) is 25.1. The van der Waals surface area contributed by atoms with Crippen LogP contribution in [0.15, 0.2) is 146 Å². The Balaban J connectivity index is 1.49. The number of pyridine rings is 1. The second-order valence-corrected chi connectivity index (χ2v) is 11.2. The lowest BCUT2D eigenvalue weighted by molar-refractivity contribution is 1.14. The fourth-order valence-corrected chi connectivity index (χ4v) is 6.44. The predicted octanol–water partition coefficient (Wildman–Crippen LogP) is 11.0. The van der Waals surface area contributed by atoms with Gasteiger partial charge in [0, 0.05) is 23.0 Å². The van der Waals surface area contributed by atoms with Crippen LogP contribution in [0, 0.1) is 0 Å². The molecule has 0 spiro atoms. The van der Waals surface area contributed by atoms with Gasteiger partial charge in [0.25, 0.3) is 0 Å². The molecule has 1 aromatic heterocycles. The quantitative estimate of drug-likeness (QED) is 0.161. The van der Waals surface area contributed by atoms with Gasteiger partial charge in [-0.25, -0.2) is 0 Å². The number of benzene rings is 6. The van der Waals surface area contributed by atoms with Crippen LogP contribution in [-0.4, -0.2) is 4.98 Å². The molecule has 0 aliphatic rings. The van der Waals surface area contributed by atoms with Crippen molar-refractivity contribution in [3.8, 4) is 33.5 Å². The molecule has 1 heterocycles. The number of nitrogens with two attached hydrogens (primary N) is 1. The maximum Gasteiger partial charge on any atom is 0.0714 e. The normalized spacial score (nSPS) is 12.1. The standard InChI is InChI=1S/C42H34N2/c1-3-5-20-39(43)30-25-26-44-40(27-30)33-18-10-17-32-31(33)16-11-19-34(32)42-37-14-8-6-12-35(37)41(36-13-7-9-15-38(36)42)29-23-21-28(4-2)22-24-29/h3,5-27H,4,43H2,1-2H3/b5-3-,39-20-. The summed E-state index contributed by atoms with van der Waals surface area (Å²) < 4.78 is 0. The van der Waals surface area contributed by atoms with Crippen molar-refractivity contribution in [1.82, 2.24) is 4.98 Å². The highest BCUT2D eigenvalue weighted by molar-refractivity contribution is 6.24. The van der Waals surface area contributed by atoms with E-state index in [1.165, 1.54) is 54.7 Å². The van der Waals surface area contributed by atoms with E-state index >= 15 is 0 Å². The smallest absolute Gasteiger partial charge is 0.0714 e. The first-order valence-electron chi connectivity index (χ1n) is 15.3. The third-order valence-electron chi connectivity index (χ3n) is 8.61. The number of nitrogens with zero attached hydrogens (tertiary/aromatic N) is 1. The molecule has 2 N–H and O–H groups in total. The van der Waals surface area contributed by atoms with Gasteiger partial charge in [-0.2, -0.15) is 0 Å². The summed E-state index contributed by atoms with van der Waals surface area (Å²) in [5.41, 5.74) is 16.4. The van der Waals surface area contributed by atoms with Crippen molar-refractivity contribution in [1.29, 1.82) is 0 Å². The Labute approximate surface area is 258 Å². The van der Waals surface area contributed by atoms with E-state index in [4.69, 9.17) is 10.7 Å². The van der Waals surface area contributed by atoms with E-state index in [1.807, 2.05) is 37.4 Å². The molecule has 0 atom stereocenters. The fraction of sp³-hybridized carbons (Fsp3) is 0.0714. The molecule has 7 rings (SSSR count). The van der Waals surface area contributed by atoms with Crippen LogP contribution in [0.4, 0.5) is 0 Å². The Bertz CT molecular complexity index is 2160. The summed E-state index contributed by atoms with van der Waals surface area (Å²) in [6.07, 6.45) is 8.74. The summed E-state index contributed by atoms with van der Waals surface area (Å²) in [5.74, 6) is 0. The zero-order valence-corrected chi connectivity index (χ0v) is 25.1. The predicted molar refractivity (Wildman–Crippen MR) is 189 cm³/mol. The molecule has 7 aromatic rings. The number of aryl methyl sites for hydroxylation is 1. The minimum Gasteiger partial charge on any atom is -0.398 e. The molecule has 6 aromatic carbocycles. The minimum atomic E-state index is 0.718. The number of hydrogen-bond donors (Lipinski definition) is 1. The second-order valence-electron chi connectivity index (χ2n) is 11.2. The molecule has 0 aliphatic heterocycles. The lowest BCUT2D eigenvalue weighted by Crippen LogP contribution is -1.97. The molecule has 0 saturated heterocycles. The molecule has 0 radical (unpaired) electrons. The molecule has 0 unspecified atom stereocenters. The first-order valence-corrected chi connectivity index (χ1v) is 15.3. The van der Waals surface area contributed by atoms with Crippen LogP contribution in [0.2, 0.25) is 0 Å². The molecular weight excluding hydrogens is 532 g/mol. The van der Waals surface area contributed by atoms with E-state index in [1.54, 1.807) is 0 Å². The number of aromatic nitrogens is 1. The lowest BCUT2D eigenvalue weighted by atomic mass is 9.84. The highest BCUT2D eigenvalue weighted by atomic mass is 14.7. The lowest BCUT2D eigenvalue weighted by Gasteiger charge is -2.19. The summed E-state index contributed by atoms with van der Waals surface area (Å²) in [5, 5.41) is 7.39. The third kappa shape index (κ3) is 4.75. The van der Waals surface area contributed by atoms with Crippen LogP contribution < -0.4 is 5.73 Å². The van der Waals surface area contributed by atoms with Gasteiger partial charge < -0.3 is 5.73 Å². The van der Waals surface area contributed by atoms with Gasteiger partial charge in [-0.3, -0.25) is 4.98 Å². The van der Waals surface area contributed by atoms with Gasteiger partial charge in [-0.05, 0) is 91.7 Å². The molecule has 0 amide bonds. The Morgan fingerprint density at radius 3 is 1.82 bits per heavy atom. The highest BCUT2D eigenvalue weighted by Crippen LogP contribution is 2.46. The van der Waals surface area contributed by atoms with Gasteiger partial charge >= 0.3 is 0 Å². The molecule has 0 fully saturated rings. The van der Waals surface area contributed by atoms with Crippen LogP contribution in [0.1, 0.15) is 25.0 Å². The van der Waals surface area contributed by atoms with Crippen LogP contribution in [0.25, 0.3) is 71.5 Å². The van der Waals surface area contributed by atoms with Crippen molar-refractivity contribution in [3.63, 3.8) is 0 Å². The summed E-state index contributed by atoms with van der Waals surface area (Å²) in [7, 11) is 0. The molecule has 44 heavy (non-hydrogen) atoms. The average molecular weight is 567 g/mol. The van der Waals surface area contributed by atoms with Crippen LogP contribution >= 0.6 is 0 Å². The van der Waals surface area contributed by atoms with E-state index in [0.717, 1.165) is 34.3 Å². The number of rotatable bonds is 6. The largest absolute Gasteiger partial charge is 0.398 e. The van der Waals surface area contributed by atoms with Crippen molar-refractivity contribution in [2.24, 2.45) is 5.73 Å². The van der Waals surface area contributed by atoms with E-state index in [0.29, 0.717) is 0 Å². The van der Waals surface area contributed by atoms with Crippen molar-refractivity contribution >= 4 is 38.0 Å². The van der Waals surface area contributed by atoms with Crippen molar-refractivity contribution in [2.45, 2.75) is 20.3 Å². The fourth-order valence-electron chi connectivity index (χ4n) is 6.44. The van der Waals surface area contributed by atoms with Crippen molar-refractivity contribution in [3.05, 3.63) is 157 Å². The first kappa shape index (κ1) is 27.4. The SMILES string of the molecule is C/C=C\C=C(/N)c1ccnc(-c2cccc3c(-c4c5ccccc5c(-c5ccc(CC)cc5)c5ccccc45)cccc23)c1. The van der Waals surface area contributed by atoms with E-state index in [9.17, 15) is 0 Å².